The fourth-order valence-electron chi connectivity index (χ4n) is 1.91. The van der Waals surface area contributed by atoms with Crippen molar-refractivity contribution in [3.63, 3.8) is 0 Å². The molecule has 1 aromatic heterocycles. The van der Waals surface area contributed by atoms with E-state index in [9.17, 15) is 4.79 Å². The second-order valence-corrected chi connectivity index (χ2v) is 3.89. The number of carbonyl (C=O) groups is 1. The number of ether oxygens (including phenoxy) is 1. The zero-order chi connectivity index (χ0) is 11.8. The molecule has 5 heteroatoms. The molecular weight excluding hydrogens is 218 g/mol. The zero-order valence-electron chi connectivity index (χ0n) is 9.30. The lowest BCUT2D eigenvalue weighted by Crippen LogP contribution is -2.20. The number of nitrogens with zero attached hydrogens (tertiary/aromatic N) is 2. The van der Waals surface area contributed by atoms with E-state index in [4.69, 9.17) is 4.74 Å². The Morgan fingerprint density at radius 1 is 1.47 bits per heavy atom. The predicted octanol–water partition coefficient (Wildman–Crippen LogP) is 2.24. The van der Waals surface area contributed by atoms with E-state index in [2.05, 4.69) is 10.3 Å². The summed E-state index contributed by atoms with van der Waals surface area (Å²) in [5, 5.41) is 2.66. The van der Waals surface area contributed by atoms with Gasteiger partial charge in [0.25, 0.3) is 0 Å². The van der Waals surface area contributed by atoms with Gasteiger partial charge in [0.2, 0.25) is 0 Å². The molecule has 0 atom stereocenters. The van der Waals surface area contributed by atoms with E-state index in [1.54, 1.807) is 6.20 Å². The maximum atomic E-state index is 11.0. The molecule has 0 radical (unpaired) electrons. The van der Waals surface area contributed by atoms with Gasteiger partial charge in [-0.1, -0.05) is 0 Å². The van der Waals surface area contributed by atoms with Crippen LogP contribution in [-0.4, -0.2) is 15.6 Å². The molecule has 17 heavy (non-hydrogen) atoms. The summed E-state index contributed by atoms with van der Waals surface area (Å²) in [5.41, 5.74) is 2.79. The fraction of sp³-hybridized carbons (Fsp3) is 0.167. The lowest BCUT2D eigenvalue weighted by Gasteiger charge is -2.18. The highest BCUT2D eigenvalue weighted by atomic mass is 16.5. The highest BCUT2D eigenvalue weighted by molar-refractivity contribution is 5.87. The average Bonchev–Trinajstić information content (AvgIpc) is 2.75. The number of aromatic nitrogens is 2. The number of carbonyl (C=O) groups excluding carboxylic acids is 1. The van der Waals surface area contributed by atoms with Gasteiger partial charge in [-0.3, -0.25) is 5.32 Å². The number of aryl methyl sites for hydroxylation is 1. The summed E-state index contributed by atoms with van der Waals surface area (Å²) in [6, 6.07) is 5.81. The summed E-state index contributed by atoms with van der Waals surface area (Å²) in [4.78, 5) is 15.2. The van der Waals surface area contributed by atoms with Gasteiger partial charge in [-0.15, -0.1) is 0 Å². The monoisotopic (exact) mass is 229 g/mol. The van der Waals surface area contributed by atoms with Crippen LogP contribution in [0.2, 0.25) is 0 Å². The molecule has 0 saturated carbocycles. The summed E-state index contributed by atoms with van der Waals surface area (Å²) >= 11 is 0. The number of anilines is 1. The average molecular weight is 229 g/mol. The molecule has 0 aliphatic carbocycles. The lowest BCUT2D eigenvalue weighted by molar-refractivity contribution is 0.151. The van der Waals surface area contributed by atoms with Gasteiger partial charge >= 0.3 is 6.09 Å². The van der Waals surface area contributed by atoms with Crippen molar-refractivity contribution in [1.82, 2.24) is 9.55 Å². The van der Waals surface area contributed by atoms with Crippen LogP contribution in [0.5, 0.6) is 0 Å². The molecule has 0 spiro atoms. The molecular formula is C12H11N3O2. The van der Waals surface area contributed by atoms with Crippen LogP contribution in [0.1, 0.15) is 11.4 Å². The normalized spacial score (nSPS) is 13.8. The topological polar surface area (TPSA) is 56.2 Å². The number of hydrogen-bond acceptors (Lipinski definition) is 3. The molecule has 3 rings (SSSR count). The van der Waals surface area contributed by atoms with Gasteiger partial charge in [0.1, 0.15) is 12.4 Å². The first-order chi connectivity index (χ1) is 8.24. The van der Waals surface area contributed by atoms with Crippen molar-refractivity contribution in [2.45, 2.75) is 13.5 Å². The van der Waals surface area contributed by atoms with Crippen LogP contribution < -0.4 is 5.32 Å². The van der Waals surface area contributed by atoms with E-state index in [1.807, 2.05) is 35.9 Å². The summed E-state index contributed by atoms with van der Waals surface area (Å²) < 4.78 is 6.91. The van der Waals surface area contributed by atoms with Crippen molar-refractivity contribution < 1.29 is 9.53 Å². The fourth-order valence-corrected chi connectivity index (χ4v) is 1.91. The number of rotatable bonds is 1. The van der Waals surface area contributed by atoms with Gasteiger partial charge in [0.05, 0.1) is 5.69 Å². The van der Waals surface area contributed by atoms with Crippen LogP contribution in [0.3, 0.4) is 0 Å². The largest absolute Gasteiger partial charge is 0.444 e. The minimum Gasteiger partial charge on any atom is -0.444 e. The van der Waals surface area contributed by atoms with Crippen LogP contribution in [0.15, 0.2) is 30.6 Å². The van der Waals surface area contributed by atoms with E-state index in [1.165, 1.54) is 0 Å². The molecule has 0 saturated heterocycles. The quantitative estimate of drug-likeness (QED) is 0.815. The molecule has 2 heterocycles. The number of imidazole rings is 1. The standard InChI is InChI=1S/C12H11N3O2/c1-8-13-4-5-15(8)10-2-3-11-9(6-10)7-17-12(16)14-11/h2-6H,7H2,1H3,(H,14,16). The summed E-state index contributed by atoms with van der Waals surface area (Å²) in [7, 11) is 0. The summed E-state index contributed by atoms with van der Waals surface area (Å²) in [5.74, 6) is 0.922. The van der Waals surface area contributed by atoms with Gasteiger partial charge in [0.15, 0.2) is 0 Å². The lowest BCUT2D eigenvalue weighted by atomic mass is 10.1. The van der Waals surface area contributed by atoms with E-state index in [0.29, 0.717) is 6.61 Å². The molecule has 1 aromatic carbocycles. The minimum absolute atomic E-state index is 0.308. The maximum Gasteiger partial charge on any atom is 0.411 e. The molecule has 1 amide bonds. The van der Waals surface area contributed by atoms with Crippen molar-refractivity contribution in [2.24, 2.45) is 0 Å². The Hall–Kier alpha value is -2.30. The third-order valence-corrected chi connectivity index (χ3v) is 2.79. The van der Waals surface area contributed by atoms with Crippen LogP contribution in [0, 0.1) is 6.92 Å². The number of nitrogens with one attached hydrogen (secondary N) is 1. The molecule has 86 valence electrons. The van der Waals surface area contributed by atoms with Gasteiger partial charge in [0, 0.05) is 23.6 Å². The molecule has 0 unspecified atom stereocenters. The molecule has 2 aromatic rings. The third-order valence-electron chi connectivity index (χ3n) is 2.79. The zero-order valence-corrected chi connectivity index (χ0v) is 9.30. The predicted molar refractivity (Wildman–Crippen MR) is 62.1 cm³/mol. The van der Waals surface area contributed by atoms with E-state index >= 15 is 0 Å². The van der Waals surface area contributed by atoms with Gasteiger partial charge in [-0.05, 0) is 25.1 Å². The number of amides is 1. The summed E-state index contributed by atoms with van der Waals surface area (Å²) in [6.07, 6.45) is 3.26. The Labute approximate surface area is 98.0 Å². The SMILES string of the molecule is Cc1nccn1-c1ccc2c(c1)COC(=O)N2. The molecule has 0 bridgehead atoms. The van der Waals surface area contributed by atoms with Gasteiger partial charge in [-0.2, -0.15) is 0 Å². The Morgan fingerprint density at radius 3 is 3.12 bits per heavy atom. The molecule has 5 nitrogen and oxygen atoms in total. The maximum absolute atomic E-state index is 11.0. The molecule has 0 fully saturated rings. The van der Waals surface area contributed by atoms with Gasteiger partial charge < -0.3 is 9.30 Å². The molecule has 1 N–H and O–H groups in total. The van der Waals surface area contributed by atoms with E-state index < -0.39 is 6.09 Å². The van der Waals surface area contributed by atoms with Crippen LogP contribution in [0.4, 0.5) is 10.5 Å². The molecule has 1 aliphatic heterocycles. The number of fused-ring (bicyclic) bond motifs is 1. The highest BCUT2D eigenvalue weighted by Crippen LogP contribution is 2.24. The Morgan fingerprint density at radius 2 is 2.35 bits per heavy atom. The van der Waals surface area contributed by atoms with Crippen LogP contribution in [0.25, 0.3) is 5.69 Å². The van der Waals surface area contributed by atoms with E-state index in [-0.39, 0.29) is 0 Å². The van der Waals surface area contributed by atoms with Crippen LogP contribution in [-0.2, 0) is 11.3 Å². The third kappa shape index (κ3) is 1.65. The van der Waals surface area contributed by atoms with Crippen molar-refractivity contribution in [3.8, 4) is 5.69 Å². The Kier molecular flexibility index (Phi) is 2.11. The van der Waals surface area contributed by atoms with Crippen LogP contribution >= 0.6 is 0 Å². The molecule has 1 aliphatic rings. The number of cyclic esters (lactones) is 1. The Bertz CT molecular complexity index is 589. The highest BCUT2D eigenvalue weighted by Gasteiger charge is 2.16. The Balaban J connectivity index is 2.05. The first-order valence-corrected chi connectivity index (χ1v) is 5.31. The first kappa shape index (κ1) is 9.89. The second-order valence-electron chi connectivity index (χ2n) is 3.89. The first-order valence-electron chi connectivity index (χ1n) is 5.31. The van der Waals surface area contributed by atoms with Crippen molar-refractivity contribution in [1.29, 1.82) is 0 Å². The van der Waals surface area contributed by atoms with Crippen molar-refractivity contribution in [3.05, 3.63) is 42.0 Å². The van der Waals surface area contributed by atoms with Gasteiger partial charge in [-0.25, -0.2) is 9.78 Å². The smallest absolute Gasteiger partial charge is 0.411 e. The number of benzene rings is 1. The number of hydrogen-bond donors (Lipinski definition) is 1. The van der Waals surface area contributed by atoms with Crippen molar-refractivity contribution in [2.75, 3.05) is 5.32 Å². The van der Waals surface area contributed by atoms with E-state index in [0.717, 1.165) is 22.8 Å². The second kappa shape index (κ2) is 3.62. The minimum atomic E-state index is -0.399. The van der Waals surface area contributed by atoms with Crippen molar-refractivity contribution >= 4 is 11.8 Å². The summed E-state index contributed by atoms with van der Waals surface area (Å²) in [6.45, 7) is 2.25.